The SMILES string of the molecule is BrC[Si]C[Si](Br)c1ccccc1. The van der Waals surface area contributed by atoms with Gasteiger partial charge >= 0.3 is 0 Å². The number of hydrogen-bond donors (Lipinski definition) is 0. The van der Waals surface area contributed by atoms with Gasteiger partial charge < -0.3 is 0 Å². The van der Waals surface area contributed by atoms with Crippen molar-refractivity contribution in [2.24, 2.45) is 0 Å². The van der Waals surface area contributed by atoms with Crippen molar-refractivity contribution in [3.05, 3.63) is 30.3 Å². The van der Waals surface area contributed by atoms with E-state index in [1.807, 2.05) is 0 Å². The molecule has 1 rings (SSSR count). The fraction of sp³-hybridized carbons (Fsp3) is 0.250. The Morgan fingerprint density at radius 1 is 1.25 bits per heavy atom. The van der Waals surface area contributed by atoms with E-state index in [-0.39, 0.29) is 0 Å². The van der Waals surface area contributed by atoms with Crippen molar-refractivity contribution in [2.45, 2.75) is 5.67 Å². The van der Waals surface area contributed by atoms with Gasteiger partial charge in [-0.3, -0.25) is 0 Å². The molecule has 3 radical (unpaired) electrons. The zero-order chi connectivity index (χ0) is 8.81. The first-order valence-electron chi connectivity index (χ1n) is 3.68. The summed E-state index contributed by atoms with van der Waals surface area (Å²) in [5.41, 5.74) is 1.32. The highest BCUT2D eigenvalue weighted by Gasteiger charge is 2.08. The number of alkyl halides is 1. The molecule has 4 heteroatoms. The van der Waals surface area contributed by atoms with Gasteiger partial charge in [0, 0.05) is 9.52 Å². The third-order valence-corrected chi connectivity index (χ3v) is 9.94. The van der Waals surface area contributed by atoms with E-state index in [0.29, 0.717) is 0 Å². The summed E-state index contributed by atoms with van der Waals surface area (Å²) in [6, 6.07) is 10.7. The van der Waals surface area contributed by atoms with Gasteiger partial charge in [0.05, 0.1) is 0 Å². The number of rotatable bonds is 4. The van der Waals surface area contributed by atoms with Crippen molar-refractivity contribution in [3.8, 4) is 0 Å². The molecule has 12 heavy (non-hydrogen) atoms. The Hall–Kier alpha value is 0.614. The predicted octanol–water partition coefficient (Wildman–Crippen LogP) is 2.29. The summed E-state index contributed by atoms with van der Waals surface area (Å²) >= 11 is 7.23. The molecule has 1 aromatic rings. The molecule has 0 amide bonds. The standard InChI is InChI=1S/C8H9Br2Si2/c9-6-11-7-12(10)8-4-2-1-3-5-8/h1-5H,6-7H2. The number of benzene rings is 1. The molecule has 0 aromatic heterocycles. The maximum absolute atomic E-state index is 3.77. The maximum atomic E-state index is 3.77. The summed E-state index contributed by atoms with van der Waals surface area (Å²) in [6.45, 7) is 0. The summed E-state index contributed by atoms with van der Waals surface area (Å²) < 4.78 is 0. The minimum absolute atomic E-state index is 0.435. The average Bonchev–Trinajstić information content (AvgIpc) is 2.15. The summed E-state index contributed by atoms with van der Waals surface area (Å²) in [7, 11) is 0.601. The molecular weight excluding hydrogens is 312 g/mol. The van der Waals surface area contributed by atoms with E-state index < -0.39 is 7.42 Å². The fourth-order valence-corrected chi connectivity index (χ4v) is 7.87. The molecule has 0 fully saturated rings. The van der Waals surface area contributed by atoms with Gasteiger partial charge in [0.2, 0.25) is 0 Å². The van der Waals surface area contributed by atoms with Gasteiger partial charge in [-0.05, 0) is 10.1 Å². The first-order chi connectivity index (χ1) is 5.84. The Morgan fingerprint density at radius 3 is 2.50 bits per heavy atom. The molecule has 0 unspecified atom stereocenters. The van der Waals surface area contributed by atoms with E-state index in [1.165, 1.54) is 10.9 Å². The van der Waals surface area contributed by atoms with Gasteiger partial charge in [0.15, 0.2) is 7.42 Å². The van der Waals surface area contributed by atoms with Crippen molar-refractivity contribution >= 4 is 53.3 Å². The van der Waals surface area contributed by atoms with Crippen LogP contribution < -0.4 is 5.19 Å². The largest absolute Gasteiger partial charge is 0.166 e. The van der Waals surface area contributed by atoms with Crippen molar-refractivity contribution in [1.29, 1.82) is 0 Å². The Morgan fingerprint density at radius 2 is 1.92 bits per heavy atom. The second kappa shape index (κ2) is 6.13. The van der Waals surface area contributed by atoms with Crippen LogP contribution in [-0.2, 0) is 0 Å². The van der Waals surface area contributed by atoms with Crippen molar-refractivity contribution in [1.82, 2.24) is 0 Å². The number of hydrogen-bond acceptors (Lipinski definition) is 0. The summed E-state index contributed by atoms with van der Waals surface area (Å²) in [5, 5.41) is 1.48. The molecule has 63 valence electrons. The molecule has 0 aliphatic heterocycles. The molecule has 0 aliphatic carbocycles. The van der Waals surface area contributed by atoms with Crippen LogP contribution in [0.5, 0.6) is 0 Å². The van der Waals surface area contributed by atoms with Crippen molar-refractivity contribution in [3.63, 3.8) is 0 Å². The van der Waals surface area contributed by atoms with E-state index in [0.717, 1.165) is 14.5 Å². The van der Waals surface area contributed by atoms with E-state index in [2.05, 4.69) is 61.6 Å². The lowest BCUT2D eigenvalue weighted by Gasteiger charge is -2.04. The molecule has 0 saturated carbocycles. The predicted molar refractivity (Wildman–Crippen MR) is 65.1 cm³/mol. The molecule has 0 bridgehead atoms. The summed E-state index contributed by atoms with van der Waals surface area (Å²) in [5.74, 6) is 0. The van der Waals surface area contributed by atoms with Crippen molar-refractivity contribution in [2.75, 3.05) is 4.95 Å². The third-order valence-electron chi connectivity index (χ3n) is 1.46. The first kappa shape index (κ1) is 10.7. The number of halogens is 2. The lowest BCUT2D eigenvalue weighted by molar-refractivity contribution is 1.75. The zero-order valence-corrected chi connectivity index (χ0v) is 11.7. The zero-order valence-electron chi connectivity index (χ0n) is 6.56. The van der Waals surface area contributed by atoms with Crippen LogP contribution in [0.15, 0.2) is 30.3 Å². The van der Waals surface area contributed by atoms with E-state index in [4.69, 9.17) is 0 Å². The van der Waals surface area contributed by atoms with Gasteiger partial charge in [-0.1, -0.05) is 51.9 Å². The highest BCUT2D eigenvalue weighted by atomic mass is 79.9. The Bertz CT molecular complexity index is 216. The smallest absolute Gasteiger partial charge is 0.122 e. The lowest BCUT2D eigenvalue weighted by atomic mass is 10.4. The monoisotopic (exact) mass is 319 g/mol. The molecule has 0 spiro atoms. The molecule has 0 saturated heterocycles. The topological polar surface area (TPSA) is 0 Å². The van der Waals surface area contributed by atoms with Crippen LogP contribution in [0.2, 0.25) is 5.67 Å². The highest BCUT2D eigenvalue weighted by Crippen LogP contribution is 2.01. The lowest BCUT2D eigenvalue weighted by Crippen LogP contribution is -2.25. The Balaban J connectivity index is 2.48. The van der Waals surface area contributed by atoms with Gasteiger partial charge in [-0.2, -0.15) is 0 Å². The highest BCUT2D eigenvalue weighted by molar-refractivity contribution is 9.25. The average molecular weight is 321 g/mol. The first-order valence-corrected chi connectivity index (χ1v) is 10.2. The molecule has 0 atom stereocenters. The molecule has 0 nitrogen and oxygen atoms in total. The normalized spacial score (nSPS) is 10.6. The van der Waals surface area contributed by atoms with Gasteiger partial charge in [-0.25, -0.2) is 0 Å². The summed E-state index contributed by atoms with van der Waals surface area (Å²) in [6.07, 6.45) is 0. The van der Waals surface area contributed by atoms with Crippen LogP contribution in [0.1, 0.15) is 0 Å². The minimum atomic E-state index is -0.435. The molecule has 1 aromatic carbocycles. The van der Waals surface area contributed by atoms with E-state index in [1.54, 1.807) is 0 Å². The fourth-order valence-electron chi connectivity index (χ4n) is 0.878. The van der Waals surface area contributed by atoms with E-state index in [9.17, 15) is 0 Å². The van der Waals surface area contributed by atoms with Crippen LogP contribution in [0.4, 0.5) is 0 Å². The molecule has 0 heterocycles. The van der Waals surface area contributed by atoms with Crippen molar-refractivity contribution < 1.29 is 0 Å². The van der Waals surface area contributed by atoms with Gasteiger partial charge in [0.25, 0.3) is 0 Å². The summed E-state index contributed by atoms with van der Waals surface area (Å²) in [4.78, 5) is 1.14. The molecule has 0 aliphatic rings. The maximum Gasteiger partial charge on any atom is 0.166 e. The van der Waals surface area contributed by atoms with Gasteiger partial charge in [0.1, 0.15) is 0 Å². The third kappa shape index (κ3) is 3.55. The van der Waals surface area contributed by atoms with Crippen LogP contribution in [0.3, 0.4) is 0 Å². The Labute approximate surface area is 93.9 Å². The van der Waals surface area contributed by atoms with E-state index >= 15 is 0 Å². The van der Waals surface area contributed by atoms with Gasteiger partial charge in [-0.15, -0.1) is 15.3 Å². The van der Waals surface area contributed by atoms with Crippen LogP contribution >= 0.6 is 31.2 Å². The quantitative estimate of drug-likeness (QED) is 0.453. The molecule has 0 N–H and O–H groups in total. The van der Waals surface area contributed by atoms with Crippen LogP contribution in [0.25, 0.3) is 0 Å². The second-order valence-electron chi connectivity index (χ2n) is 2.33. The van der Waals surface area contributed by atoms with Crippen LogP contribution in [-0.4, -0.2) is 21.9 Å². The Kier molecular flexibility index (Phi) is 5.46. The minimum Gasteiger partial charge on any atom is -0.122 e. The molecular formula is C8H9Br2Si2. The second-order valence-corrected chi connectivity index (χ2v) is 10.5. The van der Waals surface area contributed by atoms with Crippen LogP contribution in [0, 0.1) is 0 Å².